The molecule has 2 heterocycles. The van der Waals surface area contributed by atoms with Crippen molar-refractivity contribution in [1.29, 1.82) is 0 Å². The third kappa shape index (κ3) is 3.62. The fourth-order valence-electron chi connectivity index (χ4n) is 2.26. The van der Waals surface area contributed by atoms with E-state index < -0.39 is 0 Å². The van der Waals surface area contributed by atoms with Crippen LogP contribution in [0.4, 0.5) is 5.82 Å². The van der Waals surface area contributed by atoms with Crippen molar-refractivity contribution >= 4 is 5.82 Å². The second-order valence-electron chi connectivity index (χ2n) is 4.86. The molecule has 106 valence electrons. The van der Waals surface area contributed by atoms with E-state index in [0.717, 1.165) is 44.2 Å². The molecule has 0 aliphatic carbocycles. The van der Waals surface area contributed by atoms with E-state index in [1.54, 1.807) is 6.33 Å². The molecule has 0 radical (unpaired) electrons. The maximum absolute atomic E-state index is 8.94. The Labute approximate surface area is 114 Å². The molecule has 0 saturated carbocycles. The first kappa shape index (κ1) is 14.2. The number of β-amino-alcohol motifs (C(OH)–C–C–N with tert-alkyl or cyclic N) is 1. The van der Waals surface area contributed by atoms with Crippen LogP contribution in [0, 0.1) is 0 Å². The van der Waals surface area contributed by atoms with Gasteiger partial charge in [-0.15, -0.1) is 0 Å². The van der Waals surface area contributed by atoms with Gasteiger partial charge in [0.15, 0.2) is 0 Å². The summed E-state index contributed by atoms with van der Waals surface area (Å²) in [5.74, 6) is 0.996. The number of aliphatic hydroxyl groups is 1. The third-order valence-electron chi connectivity index (χ3n) is 3.66. The number of hydrogen-bond acceptors (Lipinski definition) is 6. The van der Waals surface area contributed by atoms with Crippen molar-refractivity contribution < 1.29 is 5.11 Å². The van der Waals surface area contributed by atoms with Crippen molar-refractivity contribution in [3.8, 4) is 0 Å². The van der Waals surface area contributed by atoms with E-state index in [2.05, 4.69) is 38.1 Å². The molecule has 1 aliphatic heterocycles. The summed E-state index contributed by atoms with van der Waals surface area (Å²) in [4.78, 5) is 13.2. The second-order valence-corrected chi connectivity index (χ2v) is 4.86. The first-order valence-corrected chi connectivity index (χ1v) is 6.82. The van der Waals surface area contributed by atoms with Gasteiger partial charge in [0.25, 0.3) is 0 Å². The minimum Gasteiger partial charge on any atom is -0.395 e. The molecule has 2 rings (SSSR count). The van der Waals surface area contributed by atoms with Crippen LogP contribution in [0.15, 0.2) is 12.4 Å². The van der Waals surface area contributed by atoms with Crippen molar-refractivity contribution in [3.63, 3.8) is 0 Å². The van der Waals surface area contributed by atoms with Gasteiger partial charge in [-0.1, -0.05) is 0 Å². The fourth-order valence-corrected chi connectivity index (χ4v) is 2.26. The van der Waals surface area contributed by atoms with Crippen molar-refractivity contribution in [2.45, 2.75) is 13.0 Å². The second kappa shape index (κ2) is 6.79. The summed E-state index contributed by atoms with van der Waals surface area (Å²) in [7, 11) is 1.93. The largest absolute Gasteiger partial charge is 0.395 e. The minimum absolute atomic E-state index is 0.233. The molecular formula is C13H23N5O. The maximum atomic E-state index is 8.94. The normalized spacial score (nSPS) is 18.6. The summed E-state index contributed by atoms with van der Waals surface area (Å²) in [6, 6.07) is 2.29. The smallest absolute Gasteiger partial charge is 0.132 e. The van der Waals surface area contributed by atoms with Gasteiger partial charge in [-0.3, -0.25) is 4.90 Å². The number of hydrogen-bond donors (Lipinski definition) is 2. The van der Waals surface area contributed by atoms with Crippen molar-refractivity contribution in [2.24, 2.45) is 0 Å². The molecule has 2 N–H and O–H groups in total. The van der Waals surface area contributed by atoms with E-state index in [0.29, 0.717) is 0 Å². The summed E-state index contributed by atoms with van der Waals surface area (Å²) in [6.07, 6.45) is 1.64. The molecule has 0 spiro atoms. The quantitative estimate of drug-likeness (QED) is 0.773. The molecule has 1 saturated heterocycles. The highest BCUT2D eigenvalue weighted by atomic mass is 16.3. The monoisotopic (exact) mass is 265 g/mol. The lowest BCUT2D eigenvalue weighted by Gasteiger charge is -2.35. The zero-order valence-corrected chi connectivity index (χ0v) is 11.7. The molecule has 19 heavy (non-hydrogen) atoms. The molecule has 1 atom stereocenters. The van der Waals surface area contributed by atoms with Crippen LogP contribution < -0.4 is 10.2 Å². The van der Waals surface area contributed by atoms with E-state index >= 15 is 0 Å². The Balaban J connectivity index is 1.99. The molecule has 0 aromatic carbocycles. The maximum Gasteiger partial charge on any atom is 0.132 e. The number of anilines is 1. The van der Waals surface area contributed by atoms with Gasteiger partial charge in [0.05, 0.1) is 12.3 Å². The summed E-state index contributed by atoms with van der Waals surface area (Å²) >= 11 is 0. The van der Waals surface area contributed by atoms with Crippen LogP contribution in [0.25, 0.3) is 0 Å². The summed E-state index contributed by atoms with van der Waals surface area (Å²) in [6.45, 7) is 6.93. The predicted molar refractivity (Wildman–Crippen MR) is 75.2 cm³/mol. The van der Waals surface area contributed by atoms with Crippen LogP contribution in [0.1, 0.15) is 18.7 Å². The highest BCUT2D eigenvalue weighted by Gasteiger charge is 2.18. The number of piperazine rings is 1. The van der Waals surface area contributed by atoms with Crippen LogP contribution >= 0.6 is 0 Å². The Bertz CT molecular complexity index is 392. The SMILES string of the molecule is CNC(C)c1cc(N2CCN(CCO)CC2)ncn1. The first-order valence-electron chi connectivity index (χ1n) is 6.82. The van der Waals surface area contributed by atoms with Gasteiger partial charge in [-0.25, -0.2) is 9.97 Å². The van der Waals surface area contributed by atoms with Gasteiger partial charge >= 0.3 is 0 Å². The first-order chi connectivity index (χ1) is 9.24. The lowest BCUT2D eigenvalue weighted by atomic mass is 10.2. The Morgan fingerprint density at radius 2 is 2.05 bits per heavy atom. The average molecular weight is 265 g/mol. The van der Waals surface area contributed by atoms with E-state index in [9.17, 15) is 0 Å². The highest BCUT2D eigenvalue weighted by molar-refractivity contribution is 5.40. The van der Waals surface area contributed by atoms with Crippen molar-refractivity contribution in [1.82, 2.24) is 20.2 Å². The van der Waals surface area contributed by atoms with E-state index in [1.807, 2.05) is 7.05 Å². The van der Waals surface area contributed by atoms with Gasteiger partial charge in [-0.2, -0.15) is 0 Å². The summed E-state index contributed by atoms with van der Waals surface area (Å²) in [5.41, 5.74) is 1.02. The van der Waals surface area contributed by atoms with Gasteiger partial charge in [0, 0.05) is 44.8 Å². The number of nitrogens with one attached hydrogen (secondary N) is 1. The Morgan fingerprint density at radius 1 is 1.32 bits per heavy atom. The van der Waals surface area contributed by atoms with Crippen LogP contribution in [0.3, 0.4) is 0 Å². The third-order valence-corrected chi connectivity index (χ3v) is 3.66. The molecule has 0 amide bonds. The van der Waals surface area contributed by atoms with E-state index in [-0.39, 0.29) is 12.6 Å². The Morgan fingerprint density at radius 3 is 2.68 bits per heavy atom. The molecule has 1 unspecified atom stereocenters. The molecule has 1 aliphatic rings. The van der Waals surface area contributed by atoms with Gasteiger partial charge in [0.2, 0.25) is 0 Å². The van der Waals surface area contributed by atoms with Crippen LogP contribution in [-0.4, -0.2) is 66.4 Å². The topological polar surface area (TPSA) is 64.5 Å². The number of nitrogens with zero attached hydrogens (tertiary/aromatic N) is 4. The Kier molecular flexibility index (Phi) is 5.07. The van der Waals surface area contributed by atoms with Crippen LogP contribution in [0.5, 0.6) is 0 Å². The minimum atomic E-state index is 0.233. The lowest BCUT2D eigenvalue weighted by molar-refractivity contribution is 0.188. The summed E-state index contributed by atoms with van der Waals surface area (Å²) in [5, 5.41) is 12.1. The zero-order chi connectivity index (χ0) is 13.7. The predicted octanol–water partition coefficient (Wildman–Crippen LogP) is -0.129. The molecule has 0 bridgehead atoms. The van der Waals surface area contributed by atoms with Crippen molar-refractivity contribution in [2.75, 3.05) is 51.3 Å². The average Bonchev–Trinajstić information content (AvgIpc) is 2.48. The lowest BCUT2D eigenvalue weighted by Crippen LogP contribution is -2.47. The summed E-state index contributed by atoms with van der Waals surface area (Å²) < 4.78 is 0. The highest BCUT2D eigenvalue weighted by Crippen LogP contribution is 2.17. The zero-order valence-electron chi connectivity index (χ0n) is 11.7. The van der Waals surface area contributed by atoms with E-state index in [1.165, 1.54) is 0 Å². The van der Waals surface area contributed by atoms with E-state index in [4.69, 9.17) is 5.11 Å². The molecular weight excluding hydrogens is 242 g/mol. The number of aromatic nitrogens is 2. The van der Waals surface area contributed by atoms with Crippen LogP contribution in [-0.2, 0) is 0 Å². The molecule has 6 nitrogen and oxygen atoms in total. The Hall–Kier alpha value is -1.24. The number of rotatable bonds is 5. The fraction of sp³-hybridized carbons (Fsp3) is 0.692. The standard InChI is InChI=1S/C13H23N5O/c1-11(14-2)12-9-13(16-10-15-12)18-5-3-17(4-6-18)7-8-19/h9-11,14,19H,3-8H2,1-2H3. The molecule has 6 heteroatoms. The van der Waals surface area contributed by atoms with Gasteiger partial charge < -0.3 is 15.3 Å². The van der Waals surface area contributed by atoms with Gasteiger partial charge in [0.1, 0.15) is 12.1 Å². The molecule has 1 aromatic rings. The van der Waals surface area contributed by atoms with Gasteiger partial charge in [-0.05, 0) is 14.0 Å². The number of aliphatic hydroxyl groups excluding tert-OH is 1. The van der Waals surface area contributed by atoms with Crippen molar-refractivity contribution in [3.05, 3.63) is 18.1 Å². The molecule has 1 aromatic heterocycles. The van der Waals surface area contributed by atoms with Crippen LogP contribution in [0.2, 0.25) is 0 Å². The molecule has 1 fully saturated rings.